The summed E-state index contributed by atoms with van der Waals surface area (Å²) in [7, 11) is 0. The second-order valence-corrected chi connectivity index (χ2v) is 8.71. The summed E-state index contributed by atoms with van der Waals surface area (Å²) in [5.41, 5.74) is 4.93. The van der Waals surface area contributed by atoms with Gasteiger partial charge in [-0.2, -0.15) is 0 Å². The number of anilines is 1. The summed E-state index contributed by atoms with van der Waals surface area (Å²) >= 11 is 6.91. The first-order valence-corrected chi connectivity index (χ1v) is 10.8. The van der Waals surface area contributed by atoms with E-state index in [1.165, 1.54) is 0 Å². The van der Waals surface area contributed by atoms with Gasteiger partial charge in [0.05, 0.1) is 4.47 Å². The number of aromatic nitrogens is 1. The Morgan fingerprint density at radius 3 is 2.57 bits per heavy atom. The molecule has 1 amide bonds. The Balaban J connectivity index is 1.46. The van der Waals surface area contributed by atoms with E-state index in [0.717, 1.165) is 25.6 Å². The molecule has 5 nitrogen and oxygen atoms in total. The number of nitrogens with zero attached hydrogens (tertiary/aromatic N) is 1. The summed E-state index contributed by atoms with van der Waals surface area (Å²) in [6.07, 6.45) is 0. The smallest absolute Gasteiger partial charge is 0.262 e. The van der Waals surface area contributed by atoms with Gasteiger partial charge in [0.25, 0.3) is 5.91 Å². The molecule has 30 heavy (non-hydrogen) atoms. The maximum absolute atomic E-state index is 12.4. The van der Waals surface area contributed by atoms with E-state index in [9.17, 15) is 4.79 Å². The lowest BCUT2D eigenvalue weighted by Crippen LogP contribution is -2.20. The highest BCUT2D eigenvalue weighted by molar-refractivity contribution is 9.10. The summed E-state index contributed by atoms with van der Waals surface area (Å²) in [4.78, 5) is 16.9. The van der Waals surface area contributed by atoms with Crippen LogP contribution in [0, 0.1) is 13.8 Å². The standard InChI is InChI=1S/C23H18Br2N2O3/c1-13-9-14(2)22(18(25)10-13)29-12-21(28)26-17-7-8-20-19(11-17)27-23(30-20)15-3-5-16(24)6-4-15/h3-11H,12H2,1-2H3,(H,26,28). The number of ether oxygens (including phenoxy) is 1. The van der Waals surface area contributed by atoms with Gasteiger partial charge in [-0.1, -0.05) is 22.0 Å². The molecular weight excluding hydrogens is 512 g/mol. The van der Waals surface area contributed by atoms with Crippen molar-refractivity contribution in [3.63, 3.8) is 0 Å². The molecular formula is C23H18Br2N2O3. The van der Waals surface area contributed by atoms with Gasteiger partial charge in [-0.25, -0.2) is 4.98 Å². The van der Waals surface area contributed by atoms with E-state index in [-0.39, 0.29) is 12.5 Å². The molecule has 0 saturated heterocycles. The summed E-state index contributed by atoms with van der Waals surface area (Å²) < 4.78 is 13.4. The summed E-state index contributed by atoms with van der Waals surface area (Å²) in [5.74, 6) is 0.948. The zero-order valence-corrected chi connectivity index (χ0v) is 19.5. The van der Waals surface area contributed by atoms with E-state index in [1.807, 2.05) is 50.2 Å². The number of rotatable bonds is 5. The largest absolute Gasteiger partial charge is 0.482 e. The van der Waals surface area contributed by atoms with Gasteiger partial charge in [0.2, 0.25) is 5.89 Å². The van der Waals surface area contributed by atoms with Gasteiger partial charge in [-0.3, -0.25) is 4.79 Å². The van der Waals surface area contributed by atoms with Crippen molar-refractivity contribution in [2.24, 2.45) is 0 Å². The number of nitrogens with one attached hydrogen (secondary N) is 1. The van der Waals surface area contributed by atoms with Crippen molar-refractivity contribution in [1.29, 1.82) is 0 Å². The van der Waals surface area contributed by atoms with Crippen LogP contribution in [-0.2, 0) is 4.79 Å². The average molecular weight is 530 g/mol. The second kappa shape index (κ2) is 8.62. The molecule has 0 fully saturated rings. The van der Waals surface area contributed by atoms with E-state index in [4.69, 9.17) is 9.15 Å². The molecule has 0 aliphatic rings. The van der Waals surface area contributed by atoms with Crippen LogP contribution in [-0.4, -0.2) is 17.5 Å². The Bertz CT molecular complexity index is 1210. The molecule has 1 N–H and O–H groups in total. The first-order chi connectivity index (χ1) is 14.4. The number of benzene rings is 3. The minimum Gasteiger partial charge on any atom is -0.482 e. The predicted molar refractivity (Wildman–Crippen MR) is 125 cm³/mol. The molecule has 1 aromatic heterocycles. The maximum atomic E-state index is 12.4. The molecule has 7 heteroatoms. The molecule has 152 valence electrons. The monoisotopic (exact) mass is 528 g/mol. The predicted octanol–water partition coefficient (Wildman–Crippen LogP) is 6.65. The van der Waals surface area contributed by atoms with Crippen LogP contribution < -0.4 is 10.1 Å². The zero-order valence-electron chi connectivity index (χ0n) is 16.3. The lowest BCUT2D eigenvalue weighted by atomic mass is 10.1. The summed E-state index contributed by atoms with van der Waals surface area (Å²) in [6, 6.07) is 17.1. The maximum Gasteiger partial charge on any atom is 0.262 e. The van der Waals surface area contributed by atoms with E-state index >= 15 is 0 Å². The lowest BCUT2D eigenvalue weighted by molar-refractivity contribution is -0.118. The van der Waals surface area contributed by atoms with Crippen molar-refractivity contribution in [1.82, 2.24) is 4.98 Å². The van der Waals surface area contributed by atoms with E-state index in [0.29, 0.717) is 28.4 Å². The van der Waals surface area contributed by atoms with Crippen LogP contribution >= 0.6 is 31.9 Å². The van der Waals surface area contributed by atoms with E-state index in [2.05, 4.69) is 42.2 Å². The third kappa shape index (κ3) is 4.57. The number of oxazole rings is 1. The molecule has 0 saturated carbocycles. The normalized spacial score (nSPS) is 10.9. The summed E-state index contributed by atoms with van der Waals surface area (Å²) in [6.45, 7) is 3.87. The fourth-order valence-corrected chi connectivity index (χ4v) is 4.19. The number of fused-ring (bicyclic) bond motifs is 1. The van der Waals surface area contributed by atoms with Crippen LogP contribution in [0.1, 0.15) is 11.1 Å². The third-order valence-electron chi connectivity index (χ3n) is 4.48. The van der Waals surface area contributed by atoms with Crippen molar-refractivity contribution in [3.05, 3.63) is 74.7 Å². The number of carbonyl (C=O) groups is 1. The van der Waals surface area contributed by atoms with Gasteiger partial charge >= 0.3 is 0 Å². The molecule has 0 spiro atoms. The Morgan fingerprint density at radius 2 is 1.83 bits per heavy atom. The molecule has 4 aromatic rings. The van der Waals surface area contributed by atoms with Crippen molar-refractivity contribution in [3.8, 4) is 17.2 Å². The Labute approximate surface area is 190 Å². The van der Waals surface area contributed by atoms with Crippen molar-refractivity contribution in [2.45, 2.75) is 13.8 Å². The Hall–Kier alpha value is -2.64. The van der Waals surface area contributed by atoms with Crippen LogP contribution in [0.4, 0.5) is 5.69 Å². The topological polar surface area (TPSA) is 64.4 Å². The highest BCUT2D eigenvalue weighted by Gasteiger charge is 2.12. The fourth-order valence-electron chi connectivity index (χ4n) is 3.14. The first kappa shape index (κ1) is 20.6. The first-order valence-electron chi connectivity index (χ1n) is 9.25. The quantitative estimate of drug-likeness (QED) is 0.314. The van der Waals surface area contributed by atoms with Gasteiger partial charge in [-0.15, -0.1) is 0 Å². The average Bonchev–Trinajstić information content (AvgIpc) is 3.11. The Kier molecular flexibility index (Phi) is 5.92. The molecule has 0 aliphatic heterocycles. The molecule has 0 bridgehead atoms. The number of amides is 1. The van der Waals surface area contributed by atoms with E-state index in [1.54, 1.807) is 18.2 Å². The molecule has 0 aliphatic carbocycles. The molecule has 0 unspecified atom stereocenters. The Morgan fingerprint density at radius 1 is 1.07 bits per heavy atom. The minimum atomic E-state index is -0.252. The van der Waals surface area contributed by atoms with Crippen LogP contribution in [0.15, 0.2) is 68.0 Å². The van der Waals surface area contributed by atoms with Crippen molar-refractivity contribution < 1.29 is 13.9 Å². The number of hydrogen-bond donors (Lipinski definition) is 1. The fraction of sp³-hybridized carbons (Fsp3) is 0.130. The zero-order chi connectivity index (χ0) is 21.3. The van der Waals surface area contributed by atoms with Crippen LogP contribution in [0.25, 0.3) is 22.6 Å². The number of hydrogen-bond acceptors (Lipinski definition) is 4. The lowest BCUT2D eigenvalue weighted by Gasteiger charge is -2.12. The van der Waals surface area contributed by atoms with Crippen LogP contribution in [0.3, 0.4) is 0 Å². The molecule has 3 aromatic carbocycles. The van der Waals surface area contributed by atoms with Gasteiger partial charge in [0, 0.05) is 15.7 Å². The second-order valence-electron chi connectivity index (χ2n) is 6.94. The highest BCUT2D eigenvalue weighted by Crippen LogP contribution is 2.30. The molecule has 0 atom stereocenters. The summed E-state index contributed by atoms with van der Waals surface area (Å²) in [5, 5.41) is 2.84. The van der Waals surface area contributed by atoms with E-state index < -0.39 is 0 Å². The highest BCUT2D eigenvalue weighted by atomic mass is 79.9. The number of halogens is 2. The van der Waals surface area contributed by atoms with Crippen LogP contribution in [0.2, 0.25) is 0 Å². The van der Waals surface area contributed by atoms with Gasteiger partial charge in [0.15, 0.2) is 12.2 Å². The van der Waals surface area contributed by atoms with Crippen LogP contribution in [0.5, 0.6) is 5.75 Å². The van der Waals surface area contributed by atoms with Gasteiger partial charge in [0.1, 0.15) is 11.3 Å². The van der Waals surface area contributed by atoms with Gasteiger partial charge < -0.3 is 14.5 Å². The SMILES string of the molecule is Cc1cc(C)c(OCC(=O)Nc2ccc3oc(-c4ccc(Br)cc4)nc3c2)c(Br)c1. The molecule has 1 heterocycles. The number of carbonyl (C=O) groups excluding carboxylic acids is 1. The minimum absolute atomic E-state index is 0.0938. The molecule has 0 radical (unpaired) electrons. The third-order valence-corrected chi connectivity index (χ3v) is 5.60. The van der Waals surface area contributed by atoms with Crippen molar-refractivity contribution in [2.75, 3.05) is 11.9 Å². The van der Waals surface area contributed by atoms with Crippen molar-refractivity contribution >= 4 is 54.6 Å². The molecule has 4 rings (SSSR count). The number of aryl methyl sites for hydroxylation is 2. The van der Waals surface area contributed by atoms with Gasteiger partial charge in [-0.05, 0) is 89.4 Å².